The first-order valence-corrected chi connectivity index (χ1v) is 8.06. The van der Waals surface area contributed by atoms with E-state index < -0.39 is 0 Å². The monoisotopic (exact) mass is 359 g/mol. The van der Waals surface area contributed by atoms with E-state index in [0.29, 0.717) is 5.92 Å². The minimum absolute atomic E-state index is 0. The zero-order valence-corrected chi connectivity index (χ0v) is 15.0. The second kappa shape index (κ2) is 10.1. The molecule has 4 nitrogen and oxygen atoms in total. The minimum Gasteiger partial charge on any atom is -0.355 e. The highest BCUT2D eigenvalue weighted by Gasteiger charge is 2.26. The molecule has 1 aromatic rings. The Labute approximate surface area is 151 Å². The Bertz CT molecular complexity index is 468. The van der Waals surface area contributed by atoms with Crippen molar-refractivity contribution in [2.45, 2.75) is 19.4 Å². The van der Waals surface area contributed by atoms with Gasteiger partial charge in [-0.1, -0.05) is 30.3 Å². The first-order valence-electron chi connectivity index (χ1n) is 8.06. The molecule has 23 heavy (non-hydrogen) atoms. The van der Waals surface area contributed by atoms with Crippen molar-refractivity contribution in [3.05, 3.63) is 35.9 Å². The lowest BCUT2D eigenvalue weighted by Gasteiger charge is -2.33. The van der Waals surface area contributed by atoms with Gasteiger partial charge >= 0.3 is 0 Å². The Balaban J connectivity index is 0.00000132. The minimum atomic E-state index is 0. The summed E-state index contributed by atoms with van der Waals surface area (Å²) in [6.07, 6.45) is 2.15. The number of halogens is 2. The molecule has 1 amide bonds. The predicted molar refractivity (Wildman–Crippen MR) is 98.3 cm³/mol. The molecule has 2 aliphatic heterocycles. The van der Waals surface area contributed by atoms with E-state index in [4.69, 9.17) is 0 Å². The van der Waals surface area contributed by atoms with Crippen molar-refractivity contribution >= 4 is 30.7 Å². The van der Waals surface area contributed by atoms with Gasteiger partial charge in [-0.2, -0.15) is 0 Å². The highest BCUT2D eigenvalue weighted by atomic mass is 35.5. The first-order chi connectivity index (χ1) is 10.3. The van der Waals surface area contributed by atoms with Gasteiger partial charge in [0.1, 0.15) is 0 Å². The number of likely N-dealkylation sites (tertiary alicyclic amines) is 1. The molecule has 1 atom stereocenters. The maximum absolute atomic E-state index is 12.3. The molecule has 0 radical (unpaired) electrons. The van der Waals surface area contributed by atoms with Crippen LogP contribution >= 0.6 is 24.8 Å². The number of hydrogen-bond acceptors (Lipinski definition) is 3. The summed E-state index contributed by atoms with van der Waals surface area (Å²) in [4.78, 5) is 14.7. The molecule has 1 unspecified atom stereocenters. The zero-order chi connectivity index (χ0) is 14.5. The summed E-state index contributed by atoms with van der Waals surface area (Å²) in [5, 5.41) is 6.37. The normalized spacial score (nSPS) is 21.5. The third-order valence-electron chi connectivity index (χ3n) is 4.56. The number of amides is 1. The van der Waals surface area contributed by atoms with Gasteiger partial charge in [0.15, 0.2) is 0 Å². The van der Waals surface area contributed by atoms with E-state index in [0.717, 1.165) is 52.1 Å². The van der Waals surface area contributed by atoms with Crippen LogP contribution in [-0.4, -0.2) is 43.5 Å². The largest absolute Gasteiger partial charge is 0.355 e. The first kappa shape index (κ1) is 20.2. The Morgan fingerprint density at radius 2 is 1.96 bits per heavy atom. The van der Waals surface area contributed by atoms with Crippen molar-refractivity contribution in [1.82, 2.24) is 15.5 Å². The fourth-order valence-corrected chi connectivity index (χ4v) is 3.14. The van der Waals surface area contributed by atoms with Crippen LogP contribution in [0.25, 0.3) is 0 Å². The van der Waals surface area contributed by atoms with Gasteiger partial charge < -0.3 is 10.6 Å². The van der Waals surface area contributed by atoms with Gasteiger partial charge in [-0.05, 0) is 24.9 Å². The number of rotatable bonds is 5. The molecular formula is C17H27Cl2N3O. The Morgan fingerprint density at radius 1 is 1.22 bits per heavy atom. The fraction of sp³-hybridized carbons (Fsp3) is 0.588. The lowest BCUT2D eigenvalue weighted by atomic mass is 9.96. The van der Waals surface area contributed by atoms with Crippen LogP contribution in [0.15, 0.2) is 30.3 Å². The topological polar surface area (TPSA) is 44.4 Å². The van der Waals surface area contributed by atoms with Crippen LogP contribution in [0, 0.1) is 11.8 Å². The van der Waals surface area contributed by atoms with E-state index in [-0.39, 0.29) is 36.6 Å². The van der Waals surface area contributed by atoms with Crippen molar-refractivity contribution in [2.24, 2.45) is 11.8 Å². The average molecular weight is 360 g/mol. The Kier molecular flexibility index (Phi) is 8.92. The van der Waals surface area contributed by atoms with Crippen molar-refractivity contribution in [3.8, 4) is 0 Å². The summed E-state index contributed by atoms with van der Waals surface area (Å²) in [6, 6.07) is 10.5. The molecule has 2 N–H and O–H groups in total. The lowest BCUT2D eigenvalue weighted by Crippen LogP contribution is -2.50. The van der Waals surface area contributed by atoms with E-state index in [1.165, 1.54) is 5.56 Å². The summed E-state index contributed by atoms with van der Waals surface area (Å²) in [6.45, 7) is 5.88. The molecule has 0 spiro atoms. The van der Waals surface area contributed by atoms with E-state index in [1.54, 1.807) is 0 Å². The molecule has 2 aliphatic rings. The molecule has 3 rings (SSSR count). The van der Waals surface area contributed by atoms with Gasteiger partial charge in [0.2, 0.25) is 5.91 Å². The zero-order valence-electron chi connectivity index (χ0n) is 13.4. The van der Waals surface area contributed by atoms with Crippen LogP contribution in [0.3, 0.4) is 0 Å². The van der Waals surface area contributed by atoms with Gasteiger partial charge in [0.25, 0.3) is 0 Å². The quantitative estimate of drug-likeness (QED) is 0.845. The molecule has 2 heterocycles. The lowest BCUT2D eigenvalue weighted by molar-refractivity contribution is -0.127. The number of carbonyl (C=O) groups is 1. The van der Waals surface area contributed by atoms with E-state index in [1.807, 2.05) is 6.07 Å². The Hall–Kier alpha value is -0.810. The molecule has 130 valence electrons. The molecule has 0 bridgehead atoms. The number of benzene rings is 1. The highest BCUT2D eigenvalue weighted by Crippen LogP contribution is 2.19. The van der Waals surface area contributed by atoms with Crippen LogP contribution in [0.4, 0.5) is 0 Å². The molecule has 0 saturated carbocycles. The number of nitrogens with one attached hydrogen (secondary N) is 2. The van der Waals surface area contributed by atoms with Gasteiger partial charge in [-0.25, -0.2) is 0 Å². The molecular weight excluding hydrogens is 333 g/mol. The summed E-state index contributed by atoms with van der Waals surface area (Å²) >= 11 is 0. The Morgan fingerprint density at radius 3 is 2.61 bits per heavy atom. The van der Waals surface area contributed by atoms with E-state index >= 15 is 0 Å². The second-order valence-electron chi connectivity index (χ2n) is 6.33. The van der Waals surface area contributed by atoms with Gasteiger partial charge in [-0.15, -0.1) is 24.8 Å². The molecule has 2 saturated heterocycles. The second-order valence-corrected chi connectivity index (χ2v) is 6.33. The fourth-order valence-electron chi connectivity index (χ4n) is 3.14. The smallest absolute Gasteiger partial charge is 0.224 e. The van der Waals surface area contributed by atoms with Crippen LogP contribution < -0.4 is 10.6 Å². The van der Waals surface area contributed by atoms with E-state index in [2.05, 4.69) is 39.8 Å². The third-order valence-corrected chi connectivity index (χ3v) is 4.56. The average Bonchev–Trinajstić information content (AvgIpc) is 2.47. The van der Waals surface area contributed by atoms with Crippen LogP contribution in [0.1, 0.15) is 18.4 Å². The van der Waals surface area contributed by atoms with Crippen LogP contribution in [-0.2, 0) is 11.3 Å². The van der Waals surface area contributed by atoms with E-state index in [9.17, 15) is 4.79 Å². The highest BCUT2D eigenvalue weighted by molar-refractivity contribution is 5.85. The predicted octanol–water partition coefficient (Wildman–Crippen LogP) is 2.08. The van der Waals surface area contributed by atoms with Crippen molar-refractivity contribution < 1.29 is 4.79 Å². The molecule has 0 aromatic heterocycles. The van der Waals surface area contributed by atoms with Crippen molar-refractivity contribution in [1.29, 1.82) is 0 Å². The molecule has 2 fully saturated rings. The maximum atomic E-state index is 12.3. The number of nitrogens with zero attached hydrogens (tertiary/aromatic N) is 1. The molecule has 1 aromatic carbocycles. The number of carbonyl (C=O) groups excluding carboxylic acids is 1. The maximum Gasteiger partial charge on any atom is 0.224 e. The van der Waals surface area contributed by atoms with Crippen molar-refractivity contribution in [2.75, 3.05) is 32.7 Å². The molecule has 0 aliphatic carbocycles. The summed E-state index contributed by atoms with van der Waals surface area (Å²) in [7, 11) is 0. The molecule has 6 heteroatoms. The van der Waals surface area contributed by atoms with Crippen molar-refractivity contribution in [3.63, 3.8) is 0 Å². The third kappa shape index (κ3) is 5.96. The summed E-state index contributed by atoms with van der Waals surface area (Å²) in [5.74, 6) is 1.05. The van der Waals surface area contributed by atoms with Gasteiger partial charge in [-0.3, -0.25) is 9.69 Å². The number of piperidine rings is 1. The van der Waals surface area contributed by atoms with Gasteiger partial charge in [0, 0.05) is 38.6 Å². The van der Waals surface area contributed by atoms with Crippen LogP contribution in [0.5, 0.6) is 0 Å². The van der Waals surface area contributed by atoms with Crippen LogP contribution in [0.2, 0.25) is 0 Å². The SMILES string of the molecule is Cl.Cl.O=C(NCC1CNC1)C1CCCN(Cc2ccccc2)C1. The summed E-state index contributed by atoms with van der Waals surface area (Å²) in [5.41, 5.74) is 1.33. The van der Waals surface area contributed by atoms with Gasteiger partial charge in [0.05, 0.1) is 5.92 Å². The number of hydrogen-bond donors (Lipinski definition) is 2. The summed E-state index contributed by atoms with van der Waals surface area (Å²) < 4.78 is 0. The standard InChI is InChI=1S/C17H25N3O.2ClH/c21-17(19-11-15-9-18-10-15)16-7-4-8-20(13-16)12-14-5-2-1-3-6-14;;/h1-3,5-6,15-16,18H,4,7-13H2,(H,19,21);2*1H.